The van der Waals surface area contributed by atoms with Gasteiger partial charge >= 0.3 is 5.97 Å². The third-order valence-corrected chi connectivity index (χ3v) is 4.49. The van der Waals surface area contributed by atoms with Crippen LogP contribution in [-0.2, 0) is 19.1 Å². The third-order valence-electron chi connectivity index (χ3n) is 4.49. The molecule has 0 spiro atoms. The summed E-state index contributed by atoms with van der Waals surface area (Å²) in [4.78, 5) is 38.2. The van der Waals surface area contributed by atoms with E-state index in [0.717, 1.165) is 6.07 Å². The van der Waals surface area contributed by atoms with Gasteiger partial charge in [0.05, 0.1) is 5.57 Å². The van der Waals surface area contributed by atoms with Crippen LogP contribution in [0.15, 0.2) is 59.6 Å². The van der Waals surface area contributed by atoms with Gasteiger partial charge in [-0.2, -0.15) is 0 Å². The Labute approximate surface area is 160 Å². The standard InChI is InChI=1S/C21H18O7/c1-4-5-14-7-12-8-17(24)21(3,19(25)15(12)10-27-14)28-20(26)18-11(2)6-13(22)9-16(18)23/h4-10,22-23H,1-3H3/t21-/m1/s1. The predicted octanol–water partition coefficient (Wildman–Crippen LogP) is 2.77. The fourth-order valence-corrected chi connectivity index (χ4v) is 3.01. The Morgan fingerprint density at radius 3 is 2.57 bits per heavy atom. The van der Waals surface area contributed by atoms with Crippen LogP contribution in [0.25, 0.3) is 0 Å². The minimum absolute atomic E-state index is 0.106. The van der Waals surface area contributed by atoms with Crippen molar-refractivity contribution >= 4 is 17.5 Å². The average molecular weight is 382 g/mol. The highest BCUT2D eigenvalue weighted by atomic mass is 16.6. The predicted molar refractivity (Wildman–Crippen MR) is 98.5 cm³/mol. The molecule has 144 valence electrons. The molecule has 7 nitrogen and oxygen atoms in total. The van der Waals surface area contributed by atoms with E-state index in [-0.39, 0.29) is 22.4 Å². The Hall–Kier alpha value is -3.61. The van der Waals surface area contributed by atoms with Crippen LogP contribution >= 0.6 is 0 Å². The van der Waals surface area contributed by atoms with Crippen molar-refractivity contribution < 1.29 is 34.1 Å². The lowest BCUT2D eigenvalue weighted by Gasteiger charge is -2.31. The first-order chi connectivity index (χ1) is 13.2. The van der Waals surface area contributed by atoms with Crippen LogP contribution in [0.5, 0.6) is 11.5 Å². The maximum atomic E-state index is 12.9. The summed E-state index contributed by atoms with van der Waals surface area (Å²) < 4.78 is 10.6. The summed E-state index contributed by atoms with van der Waals surface area (Å²) in [7, 11) is 0. The number of fused-ring (bicyclic) bond motifs is 1. The molecule has 0 unspecified atom stereocenters. The number of benzene rings is 1. The van der Waals surface area contributed by atoms with Crippen molar-refractivity contribution in [3.05, 3.63) is 70.7 Å². The summed E-state index contributed by atoms with van der Waals surface area (Å²) >= 11 is 0. The molecule has 3 rings (SSSR count). The summed E-state index contributed by atoms with van der Waals surface area (Å²) in [5.41, 5.74) is -1.63. The maximum absolute atomic E-state index is 12.9. The van der Waals surface area contributed by atoms with Crippen LogP contribution in [-0.4, -0.2) is 33.3 Å². The number of hydrogen-bond acceptors (Lipinski definition) is 7. The van der Waals surface area contributed by atoms with Crippen LogP contribution < -0.4 is 0 Å². The normalized spacial score (nSPS) is 21.5. The van der Waals surface area contributed by atoms with E-state index >= 15 is 0 Å². The molecule has 1 aromatic rings. The first-order valence-corrected chi connectivity index (χ1v) is 8.46. The molecule has 28 heavy (non-hydrogen) atoms. The van der Waals surface area contributed by atoms with Gasteiger partial charge in [0.1, 0.15) is 29.1 Å². The number of allylic oxidation sites excluding steroid dienone is 4. The Kier molecular flexibility index (Phi) is 4.68. The van der Waals surface area contributed by atoms with Gasteiger partial charge < -0.3 is 19.7 Å². The molecule has 1 aliphatic heterocycles. The highest BCUT2D eigenvalue weighted by Gasteiger charge is 2.49. The number of carbonyl (C=O) groups excluding carboxylic acids is 3. The highest BCUT2D eigenvalue weighted by Crippen LogP contribution is 2.35. The lowest BCUT2D eigenvalue weighted by Crippen LogP contribution is -2.50. The quantitative estimate of drug-likeness (QED) is 0.611. The van der Waals surface area contributed by atoms with E-state index in [2.05, 4.69) is 0 Å². The number of rotatable bonds is 3. The van der Waals surface area contributed by atoms with Crippen LogP contribution in [0.3, 0.4) is 0 Å². The molecule has 0 bridgehead atoms. The minimum atomic E-state index is -2.10. The molecule has 0 amide bonds. The molecule has 7 heteroatoms. The van der Waals surface area contributed by atoms with Crippen LogP contribution in [0.4, 0.5) is 0 Å². The van der Waals surface area contributed by atoms with E-state index in [0.29, 0.717) is 11.3 Å². The van der Waals surface area contributed by atoms with Gasteiger partial charge in [0.2, 0.25) is 17.2 Å². The number of carbonyl (C=O) groups is 3. The van der Waals surface area contributed by atoms with Gasteiger partial charge in [0.25, 0.3) is 0 Å². The Bertz CT molecular complexity index is 1000. The van der Waals surface area contributed by atoms with E-state index in [4.69, 9.17) is 9.47 Å². The number of esters is 1. The first-order valence-electron chi connectivity index (χ1n) is 8.46. The second-order valence-electron chi connectivity index (χ2n) is 6.57. The number of ketones is 2. The smallest absolute Gasteiger partial charge is 0.343 e. The number of Topliss-reactive ketones (excluding diaryl/α,β-unsaturated/α-hetero) is 1. The SMILES string of the molecule is CC=CC1=CC2=CC(=O)[C@@](C)(OC(=O)c3c(C)cc(O)cc3O)C(=O)C2=CO1. The van der Waals surface area contributed by atoms with E-state index in [9.17, 15) is 24.6 Å². The molecule has 0 saturated carbocycles. The van der Waals surface area contributed by atoms with Gasteiger partial charge in [0.15, 0.2) is 0 Å². The maximum Gasteiger partial charge on any atom is 0.343 e. The highest BCUT2D eigenvalue weighted by molar-refractivity contribution is 6.26. The fourth-order valence-electron chi connectivity index (χ4n) is 3.01. The Morgan fingerprint density at radius 2 is 1.93 bits per heavy atom. The van der Waals surface area contributed by atoms with Crippen molar-refractivity contribution in [3.63, 3.8) is 0 Å². The molecular formula is C21H18O7. The fraction of sp³-hybridized carbons (Fsp3) is 0.190. The molecular weight excluding hydrogens is 364 g/mol. The lowest BCUT2D eigenvalue weighted by atomic mass is 9.80. The number of ether oxygens (including phenoxy) is 2. The van der Waals surface area contributed by atoms with Gasteiger partial charge in [0, 0.05) is 6.07 Å². The molecule has 0 saturated heterocycles. The Morgan fingerprint density at radius 1 is 1.21 bits per heavy atom. The number of phenolic OH excluding ortho intramolecular Hbond substituents is 2. The second-order valence-corrected chi connectivity index (χ2v) is 6.57. The zero-order valence-electron chi connectivity index (χ0n) is 15.5. The Balaban J connectivity index is 1.96. The first kappa shape index (κ1) is 19.2. The van der Waals surface area contributed by atoms with Gasteiger partial charge in [-0.15, -0.1) is 0 Å². The third kappa shape index (κ3) is 3.11. The van der Waals surface area contributed by atoms with Crippen molar-refractivity contribution in [2.24, 2.45) is 0 Å². The summed E-state index contributed by atoms with van der Waals surface area (Å²) in [6.45, 7) is 4.47. The second kappa shape index (κ2) is 6.84. The van der Waals surface area contributed by atoms with Gasteiger partial charge in [-0.25, -0.2) is 4.79 Å². The van der Waals surface area contributed by atoms with E-state index in [1.54, 1.807) is 25.2 Å². The molecule has 2 N–H and O–H groups in total. The van der Waals surface area contributed by atoms with E-state index < -0.39 is 28.9 Å². The number of aryl methyl sites for hydroxylation is 1. The monoisotopic (exact) mass is 382 g/mol. The molecule has 1 aromatic carbocycles. The lowest BCUT2D eigenvalue weighted by molar-refractivity contribution is -0.145. The summed E-state index contributed by atoms with van der Waals surface area (Å²) in [6.07, 6.45) is 7.40. The van der Waals surface area contributed by atoms with Crippen molar-refractivity contribution in [1.82, 2.24) is 0 Å². The number of phenols is 2. The zero-order chi connectivity index (χ0) is 20.6. The van der Waals surface area contributed by atoms with Crippen molar-refractivity contribution in [2.45, 2.75) is 26.4 Å². The number of aromatic hydroxyl groups is 2. The summed E-state index contributed by atoms with van der Waals surface area (Å²) in [6, 6.07) is 2.23. The topological polar surface area (TPSA) is 110 Å². The van der Waals surface area contributed by atoms with Gasteiger partial charge in [-0.05, 0) is 56.2 Å². The molecule has 0 aromatic heterocycles. The molecule has 1 aliphatic carbocycles. The molecule has 0 radical (unpaired) electrons. The number of hydrogen-bond donors (Lipinski definition) is 2. The molecule has 2 aliphatic rings. The summed E-state index contributed by atoms with van der Waals surface area (Å²) in [5, 5.41) is 19.5. The van der Waals surface area contributed by atoms with E-state index in [1.165, 1.54) is 32.3 Å². The molecule has 1 heterocycles. The van der Waals surface area contributed by atoms with Crippen molar-refractivity contribution in [1.29, 1.82) is 0 Å². The molecule has 1 atom stereocenters. The largest absolute Gasteiger partial charge is 0.508 e. The van der Waals surface area contributed by atoms with Crippen LogP contribution in [0, 0.1) is 6.92 Å². The van der Waals surface area contributed by atoms with Crippen molar-refractivity contribution in [2.75, 3.05) is 0 Å². The summed E-state index contributed by atoms with van der Waals surface area (Å²) in [5.74, 6) is -2.77. The van der Waals surface area contributed by atoms with E-state index in [1.807, 2.05) is 0 Å². The van der Waals surface area contributed by atoms with Crippen molar-refractivity contribution in [3.8, 4) is 11.5 Å². The van der Waals surface area contributed by atoms with Gasteiger partial charge in [-0.1, -0.05) is 6.08 Å². The minimum Gasteiger partial charge on any atom is -0.508 e. The average Bonchev–Trinajstić information content (AvgIpc) is 2.59. The van der Waals surface area contributed by atoms with Gasteiger partial charge in [-0.3, -0.25) is 9.59 Å². The molecule has 0 fully saturated rings. The zero-order valence-corrected chi connectivity index (χ0v) is 15.5. The van der Waals surface area contributed by atoms with Crippen LogP contribution in [0.2, 0.25) is 0 Å². The van der Waals surface area contributed by atoms with Crippen LogP contribution in [0.1, 0.15) is 29.8 Å².